The first-order valence-corrected chi connectivity index (χ1v) is 7.35. The number of hydrogen-bond acceptors (Lipinski definition) is 5. The molecule has 1 aromatic carbocycles. The fraction of sp³-hybridized carbons (Fsp3) is 0.533. The molecule has 0 saturated carbocycles. The lowest BCUT2D eigenvalue weighted by atomic mass is 9.78. The van der Waals surface area contributed by atoms with Crippen LogP contribution in [-0.2, 0) is 9.53 Å². The quantitative estimate of drug-likeness (QED) is 0.884. The first-order chi connectivity index (χ1) is 10.9. The minimum Gasteiger partial charge on any atom is -0.395 e. The van der Waals surface area contributed by atoms with E-state index in [-0.39, 0.29) is 17.4 Å². The maximum absolute atomic E-state index is 13.0. The van der Waals surface area contributed by atoms with Crippen LogP contribution in [0.3, 0.4) is 0 Å². The summed E-state index contributed by atoms with van der Waals surface area (Å²) in [6.07, 6.45) is -2.37. The van der Waals surface area contributed by atoms with E-state index in [1.807, 2.05) is 0 Å². The average Bonchev–Trinajstić information content (AvgIpc) is 2.81. The van der Waals surface area contributed by atoms with Gasteiger partial charge in [0.25, 0.3) is 0 Å². The largest absolute Gasteiger partial charge is 0.586 e. The van der Waals surface area contributed by atoms with E-state index in [0.717, 1.165) is 13.1 Å². The molecule has 0 aliphatic carbocycles. The second kappa shape index (κ2) is 5.93. The highest BCUT2D eigenvalue weighted by Crippen LogP contribution is 2.42. The summed E-state index contributed by atoms with van der Waals surface area (Å²) in [5.74, 6) is -0.341. The van der Waals surface area contributed by atoms with Crippen LogP contribution >= 0.6 is 0 Å². The van der Waals surface area contributed by atoms with Crippen LogP contribution in [0.2, 0.25) is 0 Å². The standard InChI is InChI=1S/C15H18F2N2O4/c1-21-9-14(4-6-18-7-5-14)13(20)19-10-2-3-11-12(8-10)23-15(16,17)22-11/h2-3,8,18H,4-7,9H2,1H3,(H,19,20). The minimum atomic E-state index is -3.67. The first kappa shape index (κ1) is 15.9. The van der Waals surface area contributed by atoms with E-state index in [0.29, 0.717) is 25.1 Å². The van der Waals surface area contributed by atoms with Crippen molar-refractivity contribution in [1.82, 2.24) is 5.32 Å². The molecular formula is C15H18F2N2O4. The van der Waals surface area contributed by atoms with Gasteiger partial charge in [-0.1, -0.05) is 0 Å². The molecule has 8 heteroatoms. The van der Waals surface area contributed by atoms with Crippen LogP contribution in [0.25, 0.3) is 0 Å². The number of rotatable bonds is 4. The zero-order valence-electron chi connectivity index (χ0n) is 12.7. The van der Waals surface area contributed by atoms with E-state index < -0.39 is 11.7 Å². The Hall–Kier alpha value is -1.93. The van der Waals surface area contributed by atoms with Crippen molar-refractivity contribution in [2.75, 3.05) is 32.1 Å². The first-order valence-electron chi connectivity index (χ1n) is 7.35. The third kappa shape index (κ3) is 3.23. The minimum absolute atomic E-state index is 0.0542. The van der Waals surface area contributed by atoms with Gasteiger partial charge in [-0.2, -0.15) is 0 Å². The van der Waals surface area contributed by atoms with E-state index in [1.54, 1.807) is 7.11 Å². The number of methoxy groups -OCH3 is 1. The highest BCUT2D eigenvalue weighted by molar-refractivity contribution is 5.95. The Labute approximate surface area is 132 Å². The smallest absolute Gasteiger partial charge is 0.395 e. The molecule has 1 fully saturated rings. The van der Waals surface area contributed by atoms with E-state index >= 15 is 0 Å². The Balaban J connectivity index is 1.75. The number of benzene rings is 1. The lowest BCUT2D eigenvalue weighted by Gasteiger charge is -2.35. The Bertz CT molecular complexity index is 598. The maximum atomic E-state index is 13.0. The topological polar surface area (TPSA) is 68.8 Å². The number of fused-ring (bicyclic) bond motifs is 1. The predicted octanol–water partition coefficient (Wildman–Crippen LogP) is 1.96. The van der Waals surface area contributed by atoms with Crippen molar-refractivity contribution in [2.24, 2.45) is 5.41 Å². The van der Waals surface area contributed by atoms with Gasteiger partial charge in [-0.15, -0.1) is 8.78 Å². The molecule has 23 heavy (non-hydrogen) atoms. The number of amides is 1. The Morgan fingerprint density at radius 3 is 2.70 bits per heavy atom. The number of ether oxygens (including phenoxy) is 3. The van der Waals surface area contributed by atoms with Crippen LogP contribution in [0.15, 0.2) is 18.2 Å². The number of carbonyl (C=O) groups excluding carboxylic acids is 1. The van der Waals surface area contributed by atoms with Crippen LogP contribution in [-0.4, -0.2) is 39.0 Å². The highest BCUT2D eigenvalue weighted by Gasteiger charge is 2.44. The van der Waals surface area contributed by atoms with Crippen molar-refractivity contribution in [2.45, 2.75) is 19.1 Å². The molecule has 2 N–H and O–H groups in total. The second-order valence-corrected chi connectivity index (χ2v) is 5.75. The third-order valence-corrected chi connectivity index (χ3v) is 4.12. The molecule has 6 nitrogen and oxygen atoms in total. The molecule has 126 valence electrons. The number of alkyl halides is 2. The Kier molecular flexibility index (Phi) is 4.11. The van der Waals surface area contributed by atoms with Gasteiger partial charge < -0.3 is 24.8 Å². The van der Waals surface area contributed by atoms with Crippen molar-refractivity contribution in [3.63, 3.8) is 0 Å². The molecule has 2 aliphatic rings. The number of carbonyl (C=O) groups is 1. The fourth-order valence-electron chi connectivity index (χ4n) is 2.91. The summed E-state index contributed by atoms with van der Waals surface area (Å²) in [4.78, 5) is 12.7. The third-order valence-electron chi connectivity index (χ3n) is 4.12. The van der Waals surface area contributed by atoms with Crippen molar-refractivity contribution in [3.05, 3.63) is 18.2 Å². The van der Waals surface area contributed by atoms with E-state index in [9.17, 15) is 13.6 Å². The summed E-state index contributed by atoms with van der Waals surface area (Å²) < 4.78 is 40.0. The summed E-state index contributed by atoms with van der Waals surface area (Å²) in [5.41, 5.74) is -0.246. The SMILES string of the molecule is COCC1(C(=O)Nc2ccc3c(c2)OC(F)(F)O3)CCNCC1. The molecular weight excluding hydrogens is 310 g/mol. The molecule has 2 aliphatic heterocycles. The van der Waals surface area contributed by atoms with E-state index in [2.05, 4.69) is 20.1 Å². The molecule has 2 heterocycles. The Morgan fingerprint density at radius 2 is 2.00 bits per heavy atom. The van der Waals surface area contributed by atoms with Crippen LogP contribution in [0.4, 0.5) is 14.5 Å². The lowest BCUT2D eigenvalue weighted by Crippen LogP contribution is -2.47. The van der Waals surface area contributed by atoms with Crippen molar-refractivity contribution in [3.8, 4) is 11.5 Å². The maximum Gasteiger partial charge on any atom is 0.586 e. The summed E-state index contributed by atoms with van der Waals surface area (Å²) >= 11 is 0. The molecule has 1 amide bonds. The highest BCUT2D eigenvalue weighted by atomic mass is 19.3. The molecule has 0 spiro atoms. The predicted molar refractivity (Wildman–Crippen MR) is 77.7 cm³/mol. The van der Waals surface area contributed by atoms with Gasteiger partial charge in [0.2, 0.25) is 5.91 Å². The van der Waals surface area contributed by atoms with Gasteiger partial charge in [0, 0.05) is 18.9 Å². The molecule has 3 rings (SSSR count). The van der Waals surface area contributed by atoms with Crippen LogP contribution in [0, 0.1) is 5.41 Å². The zero-order chi connectivity index (χ0) is 16.5. The number of piperidine rings is 1. The van der Waals surface area contributed by atoms with Gasteiger partial charge in [-0.05, 0) is 38.1 Å². The molecule has 0 radical (unpaired) electrons. The molecule has 0 atom stereocenters. The van der Waals surface area contributed by atoms with Crippen LogP contribution < -0.4 is 20.1 Å². The van der Waals surface area contributed by atoms with Gasteiger partial charge >= 0.3 is 6.29 Å². The van der Waals surface area contributed by atoms with Crippen molar-refractivity contribution < 1.29 is 27.8 Å². The van der Waals surface area contributed by atoms with Crippen molar-refractivity contribution in [1.29, 1.82) is 0 Å². The van der Waals surface area contributed by atoms with Crippen LogP contribution in [0.5, 0.6) is 11.5 Å². The monoisotopic (exact) mass is 328 g/mol. The zero-order valence-corrected chi connectivity index (χ0v) is 12.7. The number of halogens is 2. The molecule has 0 bridgehead atoms. The second-order valence-electron chi connectivity index (χ2n) is 5.75. The summed E-state index contributed by atoms with van der Waals surface area (Å²) in [6.45, 7) is 1.76. The number of hydrogen-bond donors (Lipinski definition) is 2. The van der Waals surface area contributed by atoms with Gasteiger partial charge in [-0.3, -0.25) is 4.79 Å². The molecule has 0 aromatic heterocycles. The lowest BCUT2D eigenvalue weighted by molar-refractivity contribution is -0.286. The summed E-state index contributed by atoms with van der Waals surface area (Å²) in [6, 6.07) is 4.18. The van der Waals surface area contributed by atoms with Gasteiger partial charge in [-0.25, -0.2) is 0 Å². The number of nitrogens with one attached hydrogen (secondary N) is 2. The van der Waals surface area contributed by atoms with Crippen LogP contribution in [0.1, 0.15) is 12.8 Å². The van der Waals surface area contributed by atoms with Gasteiger partial charge in [0.1, 0.15) is 0 Å². The molecule has 0 unspecified atom stereocenters. The van der Waals surface area contributed by atoms with Crippen molar-refractivity contribution >= 4 is 11.6 Å². The normalized spacial score (nSPS) is 21.0. The van der Waals surface area contributed by atoms with Gasteiger partial charge in [0.15, 0.2) is 11.5 Å². The van der Waals surface area contributed by atoms with E-state index in [4.69, 9.17) is 4.74 Å². The summed E-state index contributed by atoms with van der Waals surface area (Å²) in [5, 5.41) is 5.97. The molecule has 1 aromatic rings. The fourth-order valence-corrected chi connectivity index (χ4v) is 2.91. The summed E-state index contributed by atoms with van der Waals surface area (Å²) in [7, 11) is 1.56. The number of anilines is 1. The Morgan fingerprint density at radius 1 is 1.30 bits per heavy atom. The average molecular weight is 328 g/mol. The van der Waals surface area contributed by atoms with Gasteiger partial charge in [0.05, 0.1) is 12.0 Å². The van der Waals surface area contributed by atoms with E-state index in [1.165, 1.54) is 18.2 Å². The molecule has 1 saturated heterocycles.